The van der Waals surface area contributed by atoms with Crippen molar-refractivity contribution in [2.24, 2.45) is 5.16 Å². The maximum atomic E-state index is 12.6. The van der Waals surface area contributed by atoms with E-state index in [0.29, 0.717) is 21.7 Å². The summed E-state index contributed by atoms with van der Waals surface area (Å²) in [6, 6.07) is 22.5. The molecule has 0 atom stereocenters. The predicted molar refractivity (Wildman–Crippen MR) is 108 cm³/mol. The van der Waals surface area contributed by atoms with E-state index in [4.69, 9.17) is 11.6 Å². The van der Waals surface area contributed by atoms with Gasteiger partial charge in [-0.05, 0) is 23.8 Å². The van der Waals surface area contributed by atoms with Crippen molar-refractivity contribution < 1.29 is 13.6 Å². The van der Waals surface area contributed by atoms with Crippen LogP contribution in [0.3, 0.4) is 0 Å². The van der Waals surface area contributed by atoms with Crippen molar-refractivity contribution >= 4 is 33.0 Å². The summed E-state index contributed by atoms with van der Waals surface area (Å²) in [6.07, 6.45) is 0. The lowest BCUT2D eigenvalue weighted by Crippen LogP contribution is -2.18. The maximum absolute atomic E-state index is 12.6. The standard InChI is InChI=1S/C20H17ClN2O3S/c21-17-11-12-19(23-27(25,26)14-15-7-3-1-4-8-15)18(13-17)20(22-24)16-9-5-2-6-10-16/h1-13,23-24H,14H2. The van der Waals surface area contributed by atoms with E-state index in [9.17, 15) is 13.6 Å². The van der Waals surface area contributed by atoms with Crippen LogP contribution in [0.1, 0.15) is 16.7 Å². The molecule has 0 aliphatic rings. The highest BCUT2D eigenvalue weighted by Crippen LogP contribution is 2.26. The molecule has 0 radical (unpaired) electrons. The molecule has 7 heteroatoms. The number of nitrogens with zero attached hydrogens (tertiary/aromatic N) is 1. The summed E-state index contributed by atoms with van der Waals surface area (Å²) in [7, 11) is -3.68. The molecule has 3 rings (SSSR count). The maximum Gasteiger partial charge on any atom is 0.236 e. The minimum Gasteiger partial charge on any atom is -0.410 e. The number of hydrogen-bond donors (Lipinski definition) is 2. The first-order valence-electron chi connectivity index (χ1n) is 8.10. The Morgan fingerprint density at radius 1 is 0.963 bits per heavy atom. The van der Waals surface area contributed by atoms with Crippen LogP contribution in [0.5, 0.6) is 0 Å². The first-order valence-corrected chi connectivity index (χ1v) is 10.1. The van der Waals surface area contributed by atoms with Crippen molar-refractivity contribution in [2.45, 2.75) is 5.75 Å². The van der Waals surface area contributed by atoms with Gasteiger partial charge >= 0.3 is 0 Å². The summed E-state index contributed by atoms with van der Waals surface area (Å²) in [4.78, 5) is 0. The van der Waals surface area contributed by atoms with Crippen molar-refractivity contribution in [3.8, 4) is 0 Å². The van der Waals surface area contributed by atoms with Crippen molar-refractivity contribution in [2.75, 3.05) is 4.72 Å². The topological polar surface area (TPSA) is 78.8 Å². The minimum atomic E-state index is -3.68. The SMILES string of the molecule is O=S(=O)(Cc1ccccc1)Nc1ccc(Cl)cc1C(=NO)c1ccccc1. The van der Waals surface area contributed by atoms with E-state index >= 15 is 0 Å². The summed E-state index contributed by atoms with van der Waals surface area (Å²) >= 11 is 6.09. The summed E-state index contributed by atoms with van der Waals surface area (Å²) in [5.74, 6) is -0.174. The third-order valence-electron chi connectivity index (χ3n) is 3.85. The largest absolute Gasteiger partial charge is 0.410 e. The zero-order chi connectivity index (χ0) is 19.3. The third-order valence-corrected chi connectivity index (χ3v) is 5.33. The number of benzene rings is 3. The molecule has 27 heavy (non-hydrogen) atoms. The molecular formula is C20H17ClN2O3S. The van der Waals surface area contributed by atoms with Crippen LogP contribution in [0, 0.1) is 0 Å². The Hall–Kier alpha value is -2.83. The molecule has 0 aliphatic heterocycles. The number of nitrogens with one attached hydrogen (secondary N) is 1. The van der Waals surface area contributed by atoms with Gasteiger partial charge in [0.1, 0.15) is 5.71 Å². The lowest BCUT2D eigenvalue weighted by atomic mass is 10.0. The summed E-state index contributed by atoms with van der Waals surface area (Å²) < 4.78 is 27.8. The Kier molecular flexibility index (Phi) is 5.78. The molecule has 0 saturated carbocycles. The first-order chi connectivity index (χ1) is 13.0. The monoisotopic (exact) mass is 400 g/mol. The van der Waals surface area contributed by atoms with Gasteiger partial charge in [0, 0.05) is 16.1 Å². The van der Waals surface area contributed by atoms with Crippen LogP contribution in [0.2, 0.25) is 5.02 Å². The molecule has 0 unspecified atom stereocenters. The average molecular weight is 401 g/mol. The van der Waals surface area contributed by atoms with Crippen molar-refractivity contribution in [1.29, 1.82) is 0 Å². The third kappa shape index (κ3) is 4.87. The number of hydrogen-bond acceptors (Lipinski definition) is 4. The van der Waals surface area contributed by atoms with Gasteiger partial charge in [0.05, 0.1) is 11.4 Å². The van der Waals surface area contributed by atoms with Gasteiger partial charge in [-0.25, -0.2) is 8.42 Å². The Labute approximate surface area is 163 Å². The minimum absolute atomic E-state index is 0.174. The van der Waals surface area contributed by atoms with Gasteiger partial charge in [0.2, 0.25) is 10.0 Å². The molecular weight excluding hydrogens is 384 g/mol. The van der Waals surface area contributed by atoms with Crippen LogP contribution < -0.4 is 4.72 Å². The number of anilines is 1. The Bertz CT molecular complexity index is 1050. The van der Waals surface area contributed by atoms with Crippen LogP contribution in [-0.2, 0) is 15.8 Å². The van der Waals surface area contributed by atoms with Gasteiger partial charge in [0.25, 0.3) is 0 Å². The Morgan fingerprint density at radius 3 is 2.22 bits per heavy atom. The number of rotatable bonds is 6. The highest BCUT2D eigenvalue weighted by molar-refractivity contribution is 7.91. The molecule has 5 nitrogen and oxygen atoms in total. The summed E-state index contributed by atoms with van der Waals surface area (Å²) in [5.41, 5.74) is 2.18. The number of halogens is 1. The van der Waals surface area contributed by atoms with E-state index < -0.39 is 10.0 Å². The van der Waals surface area contributed by atoms with Crippen molar-refractivity contribution in [1.82, 2.24) is 0 Å². The predicted octanol–water partition coefficient (Wildman–Crippen LogP) is 4.51. The van der Waals surface area contributed by atoms with E-state index in [1.807, 2.05) is 12.1 Å². The van der Waals surface area contributed by atoms with E-state index in [1.54, 1.807) is 66.7 Å². The van der Waals surface area contributed by atoms with E-state index in [-0.39, 0.29) is 17.2 Å². The molecule has 3 aromatic carbocycles. The summed E-state index contributed by atoms with van der Waals surface area (Å²) in [5, 5.41) is 13.3. The van der Waals surface area contributed by atoms with E-state index in [0.717, 1.165) is 0 Å². The molecule has 0 bridgehead atoms. The van der Waals surface area contributed by atoms with Gasteiger partial charge in [-0.15, -0.1) is 0 Å². The molecule has 0 spiro atoms. The number of oxime groups is 1. The molecule has 0 aromatic heterocycles. The quantitative estimate of drug-likeness (QED) is 0.363. The highest BCUT2D eigenvalue weighted by Gasteiger charge is 2.18. The summed E-state index contributed by atoms with van der Waals surface area (Å²) in [6.45, 7) is 0. The van der Waals surface area contributed by atoms with Gasteiger partial charge in [-0.3, -0.25) is 4.72 Å². The smallest absolute Gasteiger partial charge is 0.236 e. The fourth-order valence-corrected chi connectivity index (χ4v) is 4.05. The Morgan fingerprint density at radius 2 is 1.59 bits per heavy atom. The molecule has 0 fully saturated rings. The lowest BCUT2D eigenvalue weighted by Gasteiger charge is -2.14. The van der Waals surface area contributed by atoms with Crippen LogP contribution in [0.25, 0.3) is 0 Å². The van der Waals surface area contributed by atoms with Gasteiger partial charge in [0.15, 0.2) is 0 Å². The second-order valence-electron chi connectivity index (χ2n) is 5.85. The average Bonchev–Trinajstić information content (AvgIpc) is 2.66. The van der Waals surface area contributed by atoms with Gasteiger partial charge in [-0.1, -0.05) is 77.4 Å². The first kappa shape index (κ1) is 18.9. The van der Waals surface area contributed by atoms with Gasteiger partial charge < -0.3 is 5.21 Å². The van der Waals surface area contributed by atoms with E-state index in [1.165, 1.54) is 0 Å². The fraction of sp³-hybridized carbons (Fsp3) is 0.0500. The number of sulfonamides is 1. The fourth-order valence-electron chi connectivity index (χ4n) is 2.66. The molecule has 0 saturated heterocycles. The second-order valence-corrected chi connectivity index (χ2v) is 8.01. The molecule has 0 aliphatic carbocycles. The Balaban J connectivity index is 1.97. The molecule has 0 amide bonds. The normalized spacial score (nSPS) is 12.0. The molecule has 0 heterocycles. The highest BCUT2D eigenvalue weighted by atomic mass is 35.5. The molecule has 138 valence electrons. The molecule has 2 N–H and O–H groups in total. The van der Waals surface area contributed by atoms with Crippen LogP contribution in [0.15, 0.2) is 84.0 Å². The van der Waals surface area contributed by atoms with Crippen LogP contribution in [0.4, 0.5) is 5.69 Å². The lowest BCUT2D eigenvalue weighted by molar-refractivity contribution is 0.319. The zero-order valence-corrected chi connectivity index (χ0v) is 15.8. The van der Waals surface area contributed by atoms with Gasteiger partial charge in [-0.2, -0.15) is 0 Å². The van der Waals surface area contributed by atoms with E-state index in [2.05, 4.69) is 9.88 Å². The van der Waals surface area contributed by atoms with Crippen LogP contribution in [-0.4, -0.2) is 19.3 Å². The van der Waals surface area contributed by atoms with Crippen molar-refractivity contribution in [3.05, 3.63) is 101 Å². The van der Waals surface area contributed by atoms with Crippen molar-refractivity contribution in [3.63, 3.8) is 0 Å². The molecule has 3 aromatic rings. The second kappa shape index (κ2) is 8.24. The van der Waals surface area contributed by atoms with Crippen LogP contribution >= 0.6 is 11.6 Å². The zero-order valence-electron chi connectivity index (χ0n) is 14.2.